The molecule has 9 heteroatoms. The number of carbonyl (C=O) groups is 1. The number of pyridine rings is 1. The number of rotatable bonds is 8. The highest BCUT2D eigenvalue weighted by atomic mass is 79.9. The van der Waals surface area contributed by atoms with Crippen LogP contribution in [-0.4, -0.2) is 54.3 Å². The van der Waals surface area contributed by atoms with Crippen LogP contribution >= 0.6 is 27.5 Å². The Bertz CT molecular complexity index is 940. The maximum atomic E-state index is 13.9. The minimum atomic E-state index is -2.35. The van der Waals surface area contributed by atoms with Gasteiger partial charge in [0.05, 0.1) is 16.5 Å². The zero-order chi connectivity index (χ0) is 22.6. The number of hydrogen-bond acceptors (Lipinski definition) is 5. The van der Waals surface area contributed by atoms with Gasteiger partial charge in [0.1, 0.15) is 11.6 Å². The molecule has 166 valence electrons. The van der Waals surface area contributed by atoms with E-state index in [2.05, 4.69) is 56.7 Å². The van der Waals surface area contributed by atoms with E-state index < -0.39 is 5.31 Å². The minimum Gasteiger partial charge on any atom is -0.445 e. The Morgan fingerprint density at radius 2 is 2.19 bits per heavy atom. The van der Waals surface area contributed by atoms with Gasteiger partial charge in [0.15, 0.2) is 0 Å². The van der Waals surface area contributed by atoms with Crippen molar-refractivity contribution < 1.29 is 13.9 Å². The first-order valence-corrected chi connectivity index (χ1v) is 11.0. The minimum absolute atomic E-state index is 0.155. The molecule has 2 atom stereocenters. The molecule has 1 saturated heterocycles. The number of likely N-dealkylation sites (N-methyl/N-ethyl adjacent to an activating group) is 1. The van der Waals surface area contributed by atoms with Gasteiger partial charge in [0.2, 0.25) is 0 Å². The predicted octanol–water partition coefficient (Wildman–Crippen LogP) is 5.05. The molecule has 1 aliphatic rings. The van der Waals surface area contributed by atoms with Crippen molar-refractivity contribution >= 4 is 44.9 Å². The van der Waals surface area contributed by atoms with Gasteiger partial charge in [-0.25, -0.2) is 4.98 Å². The fourth-order valence-electron chi connectivity index (χ4n) is 3.33. The van der Waals surface area contributed by atoms with Gasteiger partial charge in [-0.2, -0.15) is 4.39 Å². The van der Waals surface area contributed by atoms with E-state index in [4.69, 9.17) is 16.3 Å². The van der Waals surface area contributed by atoms with Gasteiger partial charge in [-0.15, -0.1) is 6.58 Å². The molecular weight excluding hydrogens is 487 g/mol. The third kappa shape index (κ3) is 6.18. The fraction of sp³-hybridized carbons (Fsp3) is 0.364. The second-order valence-corrected chi connectivity index (χ2v) is 9.01. The van der Waals surface area contributed by atoms with Gasteiger partial charge in [-0.05, 0) is 78.4 Å². The number of carbonyl (C=O) groups excluding carboxylic acids is 1. The van der Waals surface area contributed by atoms with Crippen molar-refractivity contribution in [1.29, 1.82) is 0 Å². The Morgan fingerprint density at radius 1 is 1.48 bits per heavy atom. The van der Waals surface area contributed by atoms with Crippen LogP contribution in [0.2, 0.25) is 0 Å². The third-order valence-electron chi connectivity index (χ3n) is 5.04. The molecule has 2 heterocycles. The zero-order valence-corrected chi connectivity index (χ0v) is 19.8. The maximum absolute atomic E-state index is 13.9. The van der Waals surface area contributed by atoms with Gasteiger partial charge in [-0.3, -0.25) is 4.79 Å². The molecule has 0 bridgehead atoms. The van der Waals surface area contributed by atoms with Gasteiger partial charge < -0.3 is 19.9 Å². The first-order chi connectivity index (χ1) is 14.7. The summed E-state index contributed by atoms with van der Waals surface area (Å²) in [5.74, 6) is 0.773. The van der Waals surface area contributed by atoms with Gasteiger partial charge >= 0.3 is 5.31 Å². The highest BCUT2D eigenvalue weighted by Crippen LogP contribution is 2.30. The normalized spacial score (nSPS) is 18.0. The summed E-state index contributed by atoms with van der Waals surface area (Å²) in [4.78, 5) is 21.6. The van der Waals surface area contributed by atoms with E-state index in [1.807, 2.05) is 0 Å². The summed E-state index contributed by atoms with van der Waals surface area (Å²) in [7, 11) is 4.15. The average Bonchev–Trinajstić information content (AvgIpc) is 3.19. The van der Waals surface area contributed by atoms with Crippen molar-refractivity contribution in [2.24, 2.45) is 0 Å². The van der Waals surface area contributed by atoms with E-state index in [0.717, 1.165) is 29.8 Å². The largest absolute Gasteiger partial charge is 0.445 e. The smallest absolute Gasteiger partial charge is 0.330 e. The van der Waals surface area contributed by atoms with E-state index in [1.165, 1.54) is 18.2 Å². The second kappa shape index (κ2) is 9.97. The number of halogens is 3. The van der Waals surface area contributed by atoms with Crippen LogP contribution in [0, 0.1) is 0 Å². The fourth-order valence-corrected chi connectivity index (χ4v) is 4.13. The molecule has 1 aromatic heterocycles. The summed E-state index contributed by atoms with van der Waals surface area (Å²) in [6.45, 7) is 5.26. The van der Waals surface area contributed by atoms with Crippen LogP contribution in [0.15, 0.2) is 53.7 Å². The molecule has 1 amide bonds. The van der Waals surface area contributed by atoms with Crippen LogP contribution in [0.25, 0.3) is 0 Å². The van der Waals surface area contributed by atoms with Crippen LogP contribution in [0.3, 0.4) is 0 Å². The Labute approximate surface area is 195 Å². The highest BCUT2D eigenvalue weighted by molar-refractivity contribution is 9.10. The lowest BCUT2D eigenvalue weighted by molar-refractivity contribution is 0.0244. The molecule has 2 aromatic rings. The molecule has 31 heavy (non-hydrogen) atoms. The van der Waals surface area contributed by atoms with E-state index in [0.29, 0.717) is 17.3 Å². The van der Waals surface area contributed by atoms with Crippen molar-refractivity contribution in [2.45, 2.75) is 24.2 Å². The van der Waals surface area contributed by atoms with Crippen LogP contribution < -0.4 is 15.0 Å². The molecule has 1 unspecified atom stereocenters. The molecule has 0 spiro atoms. The molecular formula is C22H25BrClFN4O2. The number of amides is 1. The lowest BCUT2D eigenvalue weighted by Gasteiger charge is -2.22. The lowest BCUT2D eigenvalue weighted by Crippen LogP contribution is -2.31. The molecule has 0 aliphatic carbocycles. The lowest BCUT2D eigenvalue weighted by atomic mass is 10.2. The van der Waals surface area contributed by atoms with Gasteiger partial charge in [0.25, 0.3) is 5.91 Å². The SMILES string of the molecule is C=CCC(F)(Cl)Oc1ccc(NC(=O)c2cnc(N3CC[C@@H](N(C)C)C3)c(Br)c2)cc1. The number of aromatic nitrogens is 1. The van der Waals surface area contributed by atoms with Crippen molar-refractivity contribution in [2.75, 3.05) is 37.4 Å². The summed E-state index contributed by atoms with van der Waals surface area (Å²) < 4.78 is 19.8. The molecule has 1 fully saturated rings. The number of nitrogens with zero attached hydrogens (tertiary/aromatic N) is 3. The first kappa shape index (κ1) is 23.5. The molecule has 6 nitrogen and oxygen atoms in total. The molecule has 1 aromatic carbocycles. The number of nitrogens with one attached hydrogen (secondary N) is 1. The monoisotopic (exact) mass is 510 g/mol. The van der Waals surface area contributed by atoms with Gasteiger partial charge in [-0.1, -0.05) is 6.08 Å². The second-order valence-electron chi connectivity index (χ2n) is 7.59. The number of ether oxygens (including phenoxy) is 1. The highest BCUT2D eigenvalue weighted by Gasteiger charge is 2.27. The van der Waals surface area contributed by atoms with Crippen LogP contribution in [0.5, 0.6) is 5.75 Å². The molecule has 0 radical (unpaired) electrons. The van der Waals surface area contributed by atoms with Crippen LogP contribution in [-0.2, 0) is 0 Å². The molecule has 0 saturated carbocycles. The molecule has 3 rings (SSSR count). The Kier molecular flexibility index (Phi) is 7.56. The Balaban J connectivity index is 1.63. The summed E-state index contributed by atoms with van der Waals surface area (Å²) in [5, 5.41) is 0.440. The summed E-state index contributed by atoms with van der Waals surface area (Å²) in [6, 6.07) is 8.52. The van der Waals surface area contributed by atoms with E-state index in [9.17, 15) is 9.18 Å². The quantitative estimate of drug-likeness (QED) is 0.397. The first-order valence-electron chi connectivity index (χ1n) is 9.84. The van der Waals surface area contributed by atoms with Crippen molar-refractivity contribution in [1.82, 2.24) is 9.88 Å². The average molecular weight is 512 g/mol. The number of anilines is 2. The van der Waals surface area contributed by atoms with Crippen molar-refractivity contribution in [3.8, 4) is 5.75 Å². The van der Waals surface area contributed by atoms with E-state index in [1.54, 1.807) is 24.4 Å². The maximum Gasteiger partial charge on any atom is 0.330 e. The van der Waals surface area contributed by atoms with Gasteiger partial charge in [0, 0.05) is 31.0 Å². The van der Waals surface area contributed by atoms with Crippen LogP contribution in [0.4, 0.5) is 15.9 Å². The summed E-state index contributed by atoms with van der Waals surface area (Å²) >= 11 is 9.17. The Morgan fingerprint density at radius 3 is 2.77 bits per heavy atom. The molecule has 1 N–H and O–H groups in total. The molecule has 1 aliphatic heterocycles. The standard InChI is InChI=1S/C22H25BrClFN4O2/c1-4-10-22(24,25)31-18-7-5-16(6-8-18)27-21(30)15-12-19(23)20(26-13-15)29-11-9-17(14-29)28(2)3/h4-8,12-13,17H,1,9-11,14H2,2-3H3,(H,27,30)/t17-,22?/m1/s1. The van der Waals surface area contributed by atoms with E-state index >= 15 is 0 Å². The summed E-state index contributed by atoms with van der Waals surface area (Å²) in [5.41, 5.74) is 0.961. The van der Waals surface area contributed by atoms with Crippen molar-refractivity contribution in [3.05, 3.63) is 59.2 Å². The van der Waals surface area contributed by atoms with Crippen LogP contribution in [0.1, 0.15) is 23.2 Å². The predicted molar refractivity (Wildman–Crippen MR) is 126 cm³/mol. The number of alkyl halides is 2. The number of benzene rings is 1. The van der Waals surface area contributed by atoms with Crippen molar-refractivity contribution in [3.63, 3.8) is 0 Å². The Hall–Kier alpha value is -2.16. The topological polar surface area (TPSA) is 57.7 Å². The van der Waals surface area contributed by atoms with E-state index in [-0.39, 0.29) is 18.1 Å². The summed E-state index contributed by atoms with van der Waals surface area (Å²) in [6.07, 6.45) is 3.82. The third-order valence-corrected chi connectivity index (χ3v) is 5.85. The number of hydrogen-bond donors (Lipinski definition) is 1. The zero-order valence-electron chi connectivity index (χ0n) is 17.4.